The molecule has 7 nitrogen and oxygen atoms in total. The number of aryl methyl sites for hydroxylation is 1. The number of anilines is 1. The van der Waals surface area contributed by atoms with Crippen LogP contribution in [0.3, 0.4) is 0 Å². The first kappa shape index (κ1) is 19.2. The fraction of sp³-hybridized carbons (Fsp3) is 0.190. The zero-order chi connectivity index (χ0) is 20.1. The van der Waals surface area contributed by atoms with Crippen LogP contribution in [-0.2, 0) is 6.54 Å². The molecule has 0 bridgehead atoms. The monoisotopic (exact) mass is 379 g/mol. The van der Waals surface area contributed by atoms with Gasteiger partial charge in [0.05, 0.1) is 20.8 Å². The van der Waals surface area contributed by atoms with E-state index in [0.717, 1.165) is 11.1 Å². The minimum absolute atomic E-state index is 0.0423. The lowest BCUT2D eigenvalue weighted by Gasteiger charge is -2.11. The van der Waals surface area contributed by atoms with Crippen LogP contribution in [0.5, 0.6) is 11.5 Å². The Morgan fingerprint density at radius 2 is 1.82 bits per heavy atom. The summed E-state index contributed by atoms with van der Waals surface area (Å²) in [7, 11) is 3.13. The Kier molecular flexibility index (Phi) is 5.74. The van der Waals surface area contributed by atoms with E-state index in [9.17, 15) is 9.59 Å². The Balaban J connectivity index is 1.87. The second-order valence-corrected chi connectivity index (χ2v) is 6.25. The summed E-state index contributed by atoms with van der Waals surface area (Å²) in [5.41, 5.74) is 1.43. The molecule has 1 aromatic carbocycles. The molecule has 28 heavy (non-hydrogen) atoms. The molecule has 7 heteroatoms. The van der Waals surface area contributed by atoms with E-state index in [4.69, 9.17) is 9.47 Å². The summed E-state index contributed by atoms with van der Waals surface area (Å²) in [6, 6.07) is 12.1. The number of rotatable bonds is 6. The summed E-state index contributed by atoms with van der Waals surface area (Å²) in [6.07, 6.45) is 3.24. The molecule has 0 aliphatic rings. The smallest absolute Gasteiger partial charge is 0.263 e. The SMILES string of the molecule is COc1cc(Cn2cccc(C(=O)Nc3cc(C)ccn3)c2=O)cc(OC)c1. The van der Waals surface area contributed by atoms with Crippen LogP contribution in [0.15, 0.2) is 59.7 Å². The van der Waals surface area contributed by atoms with Crippen molar-refractivity contribution in [2.45, 2.75) is 13.5 Å². The molecule has 0 saturated heterocycles. The van der Waals surface area contributed by atoms with Crippen LogP contribution < -0.4 is 20.3 Å². The highest BCUT2D eigenvalue weighted by atomic mass is 16.5. The Bertz CT molecular complexity index is 1040. The maximum absolute atomic E-state index is 12.8. The lowest BCUT2D eigenvalue weighted by atomic mass is 10.2. The topological polar surface area (TPSA) is 82.5 Å². The number of hydrogen-bond acceptors (Lipinski definition) is 5. The van der Waals surface area contributed by atoms with Crippen LogP contribution in [0.1, 0.15) is 21.5 Å². The second-order valence-electron chi connectivity index (χ2n) is 6.25. The number of methoxy groups -OCH3 is 2. The minimum Gasteiger partial charge on any atom is -0.497 e. The standard InChI is InChI=1S/C21H21N3O4/c1-14-6-7-22-19(9-14)23-20(25)18-5-4-8-24(21(18)26)13-15-10-16(27-2)12-17(11-15)28-3/h4-12H,13H2,1-3H3,(H,22,23,25). The Morgan fingerprint density at radius 3 is 2.46 bits per heavy atom. The first-order valence-electron chi connectivity index (χ1n) is 8.65. The van der Waals surface area contributed by atoms with E-state index in [0.29, 0.717) is 17.3 Å². The van der Waals surface area contributed by atoms with Crippen LogP contribution in [0.4, 0.5) is 5.82 Å². The van der Waals surface area contributed by atoms with Gasteiger partial charge in [0.1, 0.15) is 22.9 Å². The summed E-state index contributed by atoms with van der Waals surface area (Å²) in [6.45, 7) is 2.17. The second kappa shape index (κ2) is 8.39. The molecular weight excluding hydrogens is 358 g/mol. The molecule has 0 saturated carbocycles. The van der Waals surface area contributed by atoms with Gasteiger partial charge in [-0.05, 0) is 54.4 Å². The number of nitrogens with zero attached hydrogens (tertiary/aromatic N) is 2. The lowest BCUT2D eigenvalue weighted by Crippen LogP contribution is -2.29. The molecule has 0 fully saturated rings. The van der Waals surface area contributed by atoms with E-state index in [1.54, 1.807) is 44.8 Å². The van der Waals surface area contributed by atoms with Crippen LogP contribution in [-0.4, -0.2) is 29.7 Å². The summed E-state index contributed by atoms with van der Waals surface area (Å²) in [4.78, 5) is 29.4. The van der Waals surface area contributed by atoms with Gasteiger partial charge in [0.15, 0.2) is 0 Å². The Morgan fingerprint density at radius 1 is 1.11 bits per heavy atom. The highest BCUT2D eigenvalue weighted by molar-refractivity contribution is 6.03. The van der Waals surface area contributed by atoms with Gasteiger partial charge in [-0.1, -0.05) is 0 Å². The van der Waals surface area contributed by atoms with Crippen molar-refractivity contribution < 1.29 is 14.3 Å². The molecule has 0 spiro atoms. The maximum atomic E-state index is 12.8. The average Bonchev–Trinajstić information content (AvgIpc) is 2.69. The van der Waals surface area contributed by atoms with Crippen LogP contribution in [0.25, 0.3) is 0 Å². The number of carbonyl (C=O) groups excluding carboxylic acids is 1. The van der Waals surface area contributed by atoms with Crippen molar-refractivity contribution in [1.82, 2.24) is 9.55 Å². The van der Waals surface area contributed by atoms with E-state index in [1.807, 2.05) is 25.1 Å². The van der Waals surface area contributed by atoms with Gasteiger partial charge in [-0.25, -0.2) is 4.98 Å². The predicted octanol–water partition coefficient (Wildman–Crippen LogP) is 2.87. The van der Waals surface area contributed by atoms with Gasteiger partial charge >= 0.3 is 0 Å². The largest absolute Gasteiger partial charge is 0.497 e. The third-order valence-electron chi connectivity index (χ3n) is 4.19. The fourth-order valence-corrected chi connectivity index (χ4v) is 2.78. The zero-order valence-corrected chi connectivity index (χ0v) is 15.9. The Hall–Kier alpha value is -3.61. The van der Waals surface area contributed by atoms with Crippen molar-refractivity contribution >= 4 is 11.7 Å². The maximum Gasteiger partial charge on any atom is 0.263 e. The molecule has 3 aromatic rings. The molecule has 3 rings (SSSR count). The molecule has 0 atom stereocenters. The molecule has 144 valence electrons. The molecule has 2 aromatic heterocycles. The molecule has 1 amide bonds. The quantitative estimate of drug-likeness (QED) is 0.712. The number of pyridine rings is 2. The number of hydrogen-bond donors (Lipinski definition) is 1. The highest BCUT2D eigenvalue weighted by Gasteiger charge is 2.14. The summed E-state index contributed by atoms with van der Waals surface area (Å²) in [5.74, 6) is 1.15. The molecule has 2 heterocycles. The van der Waals surface area contributed by atoms with Crippen LogP contribution in [0, 0.1) is 6.92 Å². The third kappa shape index (κ3) is 4.37. The number of benzene rings is 1. The van der Waals surface area contributed by atoms with Crippen molar-refractivity contribution in [2.24, 2.45) is 0 Å². The van der Waals surface area contributed by atoms with Gasteiger partial charge in [0.25, 0.3) is 11.5 Å². The normalized spacial score (nSPS) is 10.4. The molecule has 0 radical (unpaired) electrons. The molecule has 0 aliphatic heterocycles. The van der Waals surface area contributed by atoms with Gasteiger partial charge in [-0.3, -0.25) is 9.59 Å². The van der Waals surface area contributed by atoms with E-state index in [-0.39, 0.29) is 12.1 Å². The fourth-order valence-electron chi connectivity index (χ4n) is 2.78. The summed E-state index contributed by atoms with van der Waals surface area (Å²) in [5, 5.41) is 2.66. The number of carbonyl (C=O) groups is 1. The Labute approximate surface area is 162 Å². The van der Waals surface area contributed by atoms with Gasteiger partial charge < -0.3 is 19.4 Å². The first-order valence-corrected chi connectivity index (χ1v) is 8.65. The molecular formula is C21H21N3O4. The van der Waals surface area contributed by atoms with Gasteiger partial charge in [-0.15, -0.1) is 0 Å². The summed E-state index contributed by atoms with van der Waals surface area (Å²) >= 11 is 0. The van der Waals surface area contributed by atoms with E-state index < -0.39 is 11.5 Å². The van der Waals surface area contributed by atoms with Crippen molar-refractivity contribution in [3.8, 4) is 11.5 Å². The number of aromatic nitrogens is 2. The molecule has 0 aliphatic carbocycles. The van der Waals surface area contributed by atoms with E-state index in [1.165, 1.54) is 10.6 Å². The lowest BCUT2D eigenvalue weighted by molar-refractivity contribution is 0.102. The molecule has 0 unspecified atom stereocenters. The van der Waals surface area contributed by atoms with Crippen molar-refractivity contribution in [2.75, 3.05) is 19.5 Å². The third-order valence-corrected chi connectivity index (χ3v) is 4.19. The van der Waals surface area contributed by atoms with E-state index in [2.05, 4.69) is 10.3 Å². The minimum atomic E-state index is -0.499. The van der Waals surface area contributed by atoms with Crippen molar-refractivity contribution in [3.05, 3.63) is 81.9 Å². The number of ether oxygens (including phenoxy) is 2. The van der Waals surface area contributed by atoms with Gasteiger partial charge in [0, 0.05) is 18.5 Å². The number of amides is 1. The van der Waals surface area contributed by atoms with Crippen molar-refractivity contribution in [3.63, 3.8) is 0 Å². The first-order chi connectivity index (χ1) is 13.5. The number of nitrogens with one attached hydrogen (secondary N) is 1. The molecule has 1 N–H and O–H groups in total. The zero-order valence-electron chi connectivity index (χ0n) is 15.9. The van der Waals surface area contributed by atoms with Crippen LogP contribution >= 0.6 is 0 Å². The summed E-state index contributed by atoms with van der Waals surface area (Å²) < 4.78 is 12.0. The average molecular weight is 379 g/mol. The predicted molar refractivity (Wildman–Crippen MR) is 106 cm³/mol. The van der Waals surface area contributed by atoms with Crippen LogP contribution in [0.2, 0.25) is 0 Å². The van der Waals surface area contributed by atoms with E-state index >= 15 is 0 Å². The van der Waals surface area contributed by atoms with Crippen molar-refractivity contribution in [1.29, 1.82) is 0 Å². The van der Waals surface area contributed by atoms with Gasteiger partial charge in [0.2, 0.25) is 0 Å². The van der Waals surface area contributed by atoms with Gasteiger partial charge in [-0.2, -0.15) is 0 Å². The highest BCUT2D eigenvalue weighted by Crippen LogP contribution is 2.22.